The maximum atomic E-state index is 13.3. The molecule has 1 aliphatic heterocycles. The maximum absolute atomic E-state index is 13.3. The summed E-state index contributed by atoms with van der Waals surface area (Å²) in [6.45, 7) is 5.99. The summed E-state index contributed by atoms with van der Waals surface area (Å²) in [6.07, 6.45) is 3.63. The minimum atomic E-state index is -0.448. The highest BCUT2D eigenvalue weighted by Crippen LogP contribution is 2.40. The van der Waals surface area contributed by atoms with Gasteiger partial charge in [0.1, 0.15) is 22.8 Å². The van der Waals surface area contributed by atoms with Crippen LogP contribution in [0, 0.1) is 6.92 Å². The van der Waals surface area contributed by atoms with Crippen molar-refractivity contribution in [2.24, 2.45) is 0 Å². The molecule has 1 atom stereocenters. The highest BCUT2D eigenvalue weighted by Gasteiger charge is 2.35. The zero-order valence-electron chi connectivity index (χ0n) is 18.3. The Kier molecular flexibility index (Phi) is 5.86. The van der Waals surface area contributed by atoms with Gasteiger partial charge in [-0.1, -0.05) is 30.3 Å². The second-order valence-electron chi connectivity index (χ2n) is 8.53. The maximum Gasteiger partial charge on any atom is 0.268 e. The molecule has 0 aliphatic carbocycles. The first kappa shape index (κ1) is 21.4. The normalized spacial score (nSPS) is 17.1. The van der Waals surface area contributed by atoms with Gasteiger partial charge in [0, 0.05) is 23.6 Å². The molecule has 3 aromatic rings. The quantitative estimate of drug-likeness (QED) is 0.571. The number of hydrogen-bond donors (Lipinski definition) is 2. The summed E-state index contributed by atoms with van der Waals surface area (Å²) < 4.78 is 11.5. The van der Waals surface area contributed by atoms with E-state index in [-0.39, 0.29) is 17.6 Å². The van der Waals surface area contributed by atoms with Crippen molar-refractivity contribution < 1.29 is 18.7 Å². The van der Waals surface area contributed by atoms with Crippen LogP contribution in [0.2, 0.25) is 0 Å². The number of amides is 2. The lowest BCUT2D eigenvalue weighted by molar-refractivity contribution is -0.119. The van der Waals surface area contributed by atoms with Crippen LogP contribution < -0.4 is 15.4 Å². The topological polar surface area (TPSA) is 80.6 Å². The number of benzene rings is 2. The molecule has 4 rings (SSSR count). The number of hydrogen-bond acceptors (Lipinski definition) is 4. The Morgan fingerprint density at radius 1 is 1.06 bits per heavy atom. The van der Waals surface area contributed by atoms with Gasteiger partial charge in [0.05, 0.1) is 12.3 Å². The molecule has 2 aromatic carbocycles. The van der Waals surface area contributed by atoms with Crippen LogP contribution in [0.4, 0.5) is 0 Å². The monoisotopic (exact) mass is 430 g/mol. The Bertz CT molecular complexity index is 1150. The van der Waals surface area contributed by atoms with Crippen LogP contribution in [0.3, 0.4) is 0 Å². The zero-order valence-corrected chi connectivity index (χ0v) is 18.3. The molecule has 32 heavy (non-hydrogen) atoms. The van der Waals surface area contributed by atoms with Gasteiger partial charge < -0.3 is 19.8 Å². The molecule has 0 saturated heterocycles. The third-order valence-corrected chi connectivity index (χ3v) is 5.29. The Labute approximate surface area is 187 Å². The molecule has 2 heterocycles. The lowest BCUT2D eigenvalue weighted by Crippen LogP contribution is -2.43. The Morgan fingerprint density at radius 3 is 2.56 bits per heavy atom. The summed E-state index contributed by atoms with van der Waals surface area (Å²) in [6, 6.07) is 17.9. The molecular formula is C26H26N2O4. The summed E-state index contributed by atoms with van der Waals surface area (Å²) in [7, 11) is 0. The number of carbonyl (C=O) groups is 2. The molecule has 0 unspecified atom stereocenters. The molecule has 6 heteroatoms. The van der Waals surface area contributed by atoms with Crippen LogP contribution in [0.5, 0.6) is 5.75 Å². The van der Waals surface area contributed by atoms with Crippen molar-refractivity contribution in [3.63, 3.8) is 0 Å². The van der Waals surface area contributed by atoms with E-state index in [1.54, 1.807) is 36.4 Å². The van der Waals surface area contributed by atoms with Gasteiger partial charge in [0.2, 0.25) is 0 Å². The SMILES string of the molecule is Cc1ccc2c(c1)OC(C)(C)C[C@H]2NC(=O)/C(=C/c1ccco1)NC(=O)c1ccccc1. The molecule has 0 spiro atoms. The van der Waals surface area contributed by atoms with Crippen molar-refractivity contribution in [3.05, 3.63) is 95.1 Å². The van der Waals surface area contributed by atoms with Crippen LogP contribution in [0.15, 0.2) is 77.0 Å². The average Bonchev–Trinajstić information content (AvgIpc) is 3.26. The standard InChI is InChI=1S/C26H26N2O4/c1-17-11-12-20-22(16-26(2,3)32-23(20)14-17)28-25(30)21(15-19-10-7-13-31-19)27-24(29)18-8-5-4-6-9-18/h4-15,22H,16H2,1-3H3,(H,27,29)(H,28,30)/b21-15-/t22-/m1/s1. The molecule has 0 fully saturated rings. The van der Waals surface area contributed by atoms with E-state index >= 15 is 0 Å². The van der Waals surface area contributed by atoms with Gasteiger partial charge in [0.25, 0.3) is 11.8 Å². The predicted octanol–water partition coefficient (Wildman–Crippen LogP) is 4.78. The molecule has 2 amide bonds. The highest BCUT2D eigenvalue weighted by atomic mass is 16.5. The van der Waals surface area contributed by atoms with E-state index < -0.39 is 11.5 Å². The minimum Gasteiger partial charge on any atom is -0.487 e. The van der Waals surface area contributed by atoms with Crippen molar-refractivity contribution in [1.29, 1.82) is 0 Å². The fraction of sp³-hybridized carbons (Fsp3) is 0.231. The molecular weight excluding hydrogens is 404 g/mol. The largest absolute Gasteiger partial charge is 0.487 e. The number of fused-ring (bicyclic) bond motifs is 1. The van der Waals surface area contributed by atoms with Crippen molar-refractivity contribution in [2.75, 3.05) is 0 Å². The number of carbonyl (C=O) groups excluding carboxylic acids is 2. The molecule has 0 radical (unpaired) electrons. The number of nitrogens with one attached hydrogen (secondary N) is 2. The zero-order chi connectivity index (χ0) is 22.7. The van der Waals surface area contributed by atoms with E-state index in [0.29, 0.717) is 17.7 Å². The number of furan rings is 1. The van der Waals surface area contributed by atoms with E-state index in [1.165, 1.54) is 12.3 Å². The fourth-order valence-electron chi connectivity index (χ4n) is 3.78. The number of aryl methyl sites for hydroxylation is 1. The molecule has 6 nitrogen and oxygen atoms in total. The fourth-order valence-corrected chi connectivity index (χ4v) is 3.78. The van der Waals surface area contributed by atoms with E-state index in [9.17, 15) is 9.59 Å². The van der Waals surface area contributed by atoms with E-state index in [4.69, 9.17) is 9.15 Å². The summed E-state index contributed by atoms with van der Waals surface area (Å²) in [5.41, 5.74) is 2.11. The first-order valence-corrected chi connectivity index (χ1v) is 10.5. The first-order valence-electron chi connectivity index (χ1n) is 10.5. The second-order valence-corrected chi connectivity index (χ2v) is 8.53. The summed E-state index contributed by atoms with van der Waals surface area (Å²) in [5, 5.41) is 5.81. The number of ether oxygens (including phenoxy) is 1. The third kappa shape index (κ3) is 4.91. The molecule has 164 valence electrons. The van der Waals surface area contributed by atoms with Gasteiger partial charge in [-0.3, -0.25) is 9.59 Å². The Balaban J connectivity index is 1.61. The van der Waals surface area contributed by atoms with Crippen molar-refractivity contribution in [1.82, 2.24) is 10.6 Å². The van der Waals surface area contributed by atoms with E-state index in [1.807, 2.05) is 45.0 Å². The summed E-state index contributed by atoms with van der Waals surface area (Å²) >= 11 is 0. The molecule has 0 bridgehead atoms. The Hall–Kier alpha value is -3.80. The van der Waals surface area contributed by atoms with Crippen LogP contribution >= 0.6 is 0 Å². The summed E-state index contributed by atoms with van der Waals surface area (Å²) in [4.78, 5) is 26.1. The molecule has 2 N–H and O–H groups in total. The van der Waals surface area contributed by atoms with Gasteiger partial charge in [0.15, 0.2) is 0 Å². The van der Waals surface area contributed by atoms with Gasteiger partial charge in [-0.05, 0) is 56.7 Å². The molecule has 1 aliphatic rings. The van der Waals surface area contributed by atoms with Crippen molar-refractivity contribution in [3.8, 4) is 5.75 Å². The third-order valence-electron chi connectivity index (χ3n) is 5.29. The molecule has 1 aromatic heterocycles. The van der Waals surface area contributed by atoms with Crippen LogP contribution in [-0.4, -0.2) is 17.4 Å². The van der Waals surface area contributed by atoms with Crippen LogP contribution in [0.1, 0.15) is 53.6 Å². The van der Waals surface area contributed by atoms with Crippen LogP contribution in [-0.2, 0) is 4.79 Å². The second kappa shape index (κ2) is 8.75. The highest BCUT2D eigenvalue weighted by molar-refractivity contribution is 6.05. The van der Waals surface area contributed by atoms with E-state index in [2.05, 4.69) is 10.6 Å². The van der Waals surface area contributed by atoms with Crippen molar-refractivity contribution >= 4 is 17.9 Å². The van der Waals surface area contributed by atoms with Gasteiger partial charge in [-0.15, -0.1) is 0 Å². The van der Waals surface area contributed by atoms with Crippen molar-refractivity contribution in [2.45, 2.75) is 38.8 Å². The van der Waals surface area contributed by atoms with Crippen LogP contribution in [0.25, 0.3) is 6.08 Å². The van der Waals surface area contributed by atoms with E-state index in [0.717, 1.165) is 16.9 Å². The average molecular weight is 431 g/mol. The lowest BCUT2D eigenvalue weighted by atomic mass is 9.89. The first-order chi connectivity index (χ1) is 15.3. The van der Waals surface area contributed by atoms with Gasteiger partial charge in [-0.2, -0.15) is 0 Å². The summed E-state index contributed by atoms with van der Waals surface area (Å²) in [5.74, 6) is 0.449. The lowest BCUT2D eigenvalue weighted by Gasteiger charge is -2.38. The van der Waals surface area contributed by atoms with Gasteiger partial charge >= 0.3 is 0 Å². The minimum absolute atomic E-state index is 0.103. The Morgan fingerprint density at radius 2 is 1.84 bits per heavy atom. The predicted molar refractivity (Wildman–Crippen MR) is 122 cm³/mol. The van der Waals surface area contributed by atoms with Gasteiger partial charge in [-0.25, -0.2) is 0 Å². The smallest absolute Gasteiger partial charge is 0.268 e. The molecule has 0 saturated carbocycles. The number of rotatable bonds is 5.